The van der Waals surface area contributed by atoms with Crippen LogP contribution in [0, 0.1) is 5.92 Å². The quantitative estimate of drug-likeness (QED) is 0.715. The fourth-order valence-electron chi connectivity index (χ4n) is 1.00. The number of halogens is 2. The lowest BCUT2D eigenvalue weighted by Gasteiger charge is -2.06. The van der Waals surface area contributed by atoms with Crippen molar-refractivity contribution in [2.24, 2.45) is 5.92 Å². The summed E-state index contributed by atoms with van der Waals surface area (Å²) in [6.45, 7) is 2.25. The molecule has 0 aromatic heterocycles. The SMILES string of the molecule is CC(CBr)CSCc1ccc(Cl)cc1. The zero-order chi connectivity index (χ0) is 10.4. The van der Waals surface area contributed by atoms with E-state index in [-0.39, 0.29) is 0 Å². The largest absolute Gasteiger partial charge is 0.157 e. The topological polar surface area (TPSA) is 0 Å². The second-order valence-corrected chi connectivity index (χ2v) is 5.52. The molecule has 0 radical (unpaired) electrons. The predicted molar refractivity (Wildman–Crippen MR) is 70.6 cm³/mol. The van der Waals surface area contributed by atoms with Crippen molar-refractivity contribution in [2.45, 2.75) is 12.7 Å². The zero-order valence-corrected chi connectivity index (χ0v) is 11.3. The standard InChI is InChI=1S/C11H14BrClS/c1-9(6-12)7-14-8-10-2-4-11(13)5-3-10/h2-5,9H,6-8H2,1H3. The van der Waals surface area contributed by atoms with Gasteiger partial charge < -0.3 is 0 Å². The van der Waals surface area contributed by atoms with Crippen LogP contribution < -0.4 is 0 Å². The van der Waals surface area contributed by atoms with Gasteiger partial charge in [0.1, 0.15) is 0 Å². The number of hydrogen-bond donors (Lipinski definition) is 0. The summed E-state index contributed by atoms with van der Waals surface area (Å²) in [6, 6.07) is 8.08. The third-order valence-corrected chi connectivity index (χ3v) is 4.55. The van der Waals surface area contributed by atoms with E-state index < -0.39 is 0 Å². The molecular weight excluding hydrogens is 280 g/mol. The molecule has 0 heterocycles. The lowest BCUT2D eigenvalue weighted by Crippen LogP contribution is -1.99. The molecule has 1 rings (SSSR count). The summed E-state index contributed by atoms with van der Waals surface area (Å²) in [5.41, 5.74) is 1.35. The Morgan fingerprint density at radius 2 is 2.00 bits per heavy atom. The van der Waals surface area contributed by atoms with E-state index in [9.17, 15) is 0 Å². The molecular formula is C11H14BrClS. The summed E-state index contributed by atoms with van der Waals surface area (Å²) < 4.78 is 0. The van der Waals surface area contributed by atoms with Crippen molar-refractivity contribution in [1.82, 2.24) is 0 Å². The van der Waals surface area contributed by atoms with Crippen LogP contribution in [0.5, 0.6) is 0 Å². The molecule has 3 heteroatoms. The average Bonchev–Trinajstić information content (AvgIpc) is 2.21. The van der Waals surface area contributed by atoms with Gasteiger partial charge >= 0.3 is 0 Å². The van der Waals surface area contributed by atoms with Crippen molar-refractivity contribution in [2.75, 3.05) is 11.1 Å². The Bertz CT molecular complexity index is 260. The lowest BCUT2D eigenvalue weighted by molar-refractivity contribution is 0.770. The maximum atomic E-state index is 5.81. The monoisotopic (exact) mass is 292 g/mol. The maximum Gasteiger partial charge on any atom is 0.0406 e. The molecule has 0 fully saturated rings. The van der Waals surface area contributed by atoms with Gasteiger partial charge in [0, 0.05) is 16.1 Å². The number of thioether (sulfide) groups is 1. The maximum absolute atomic E-state index is 5.81. The Kier molecular flexibility index (Phi) is 5.99. The third kappa shape index (κ3) is 4.72. The first kappa shape index (κ1) is 12.4. The van der Waals surface area contributed by atoms with E-state index in [0.717, 1.165) is 22.0 Å². The molecule has 1 atom stereocenters. The molecule has 0 amide bonds. The van der Waals surface area contributed by atoms with Crippen LogP contribution in [-0.2, 0) is 5.75 Å². The van der Waals surface area contributed by atoms with E-state index >= 15 is 0 Å². The molecule has 0 saturated heterocycles. The molecule has 0 aliphatic rings. The smallest absolute Gasteiger partial charge is 0.0406 e. The Morgan fingerprint density at radius 3 is 2.57 bits per heavy atom. The first-order valence-corrected chi connectivity index (χ1v) is 7.26. The minimum atomic E-state index is 0.743. The number of benzene rings is 1. The van der Waals surface area contributed by atoms with E-state index in [1.807, 2.05) is 23.9 Å². The van der Waals surface area contributed by atoms with E-state index in [2.05, 4.69) is 35.0 Å². The molecule has 0 aliphatic carbocycles. The first-order chi connectivity index (χ1) is 6.72. The van der Waals surface area contributed by atoms with Crippen LogP contribution in [0.25, 0.3) is 0 Å². The Labute approximate surface area is 104 Å². The summed E-state index contributed by atoms with van der Waals surface area (Å²) in [7, 11) is 0. The fourth-order valence-corrected chi connectivity index (χ4v) is 2.73. The van der Waals surface area contributed by atoms with Gasteiger partial charge in [0.05, 0.1) is 0 Å². The van der Waals surface area contributed by atoms with Gasteiger partial charge in [-0.05, 0) is 29.4 Å². The van der Waals surface area contributed by atoms with Gasteiger partial charge in [0.25, 0.3) is 0 Å². The van der Waals surface area contributed by atoms with E-state index in [0.29, 0.717) is 0 Å². The van der Waals surface area contributed by atoms with Crippen molar-refractivity contribution in [1.29, 1.82) is 0 Å². The molecule has 1 unspecified atom stereocenters. The average molecular weight is 294 g/mol. The fraction of sp³-hybridized carbons (Fsp3) is 0.455. The van der Waals surface area contributed by atoms with Gasteiger partial charge in [0.2, 0.25) is 0 Å². The van der Waals surface area contributed by atoms with Crippen LogP contribution in [0.15, 0.2) is 24.3 Å². The van der Waals surface area contributed by atoms with Crippen LogP contribution in [0.4, 0.5) is 0 Å². The van der Waals surface area contributed by atoms with Crippen LogP contribution in [0.1, 0.15) is 12.5 Å². The molecule has 0 aliphatic heterocycles. The van der Waals surface area contributed by atoms with Gasteiger partial charge in [-0.1, -0.05) is 46.6 Å². The Balaban J connectivity index is 2.28. The minimum absolute atomic E-state index is 0.743. The molecule has 1 aromatic carbocycles. The lowest BCUT2D eigenvalue weighted by atomic mass is 10.2. The molecule has 0 spiro atoms. The minimum Gasteiger partial charge on any atom is -0.157 e. The van der Waals surface area contributed by atoms with Gasteiger partial charge in [-0.2, -0.15) is 11.8 Å². The third-order valence-electron chi connectivity index (χ3n) is 1.85. The number of alkyl halides is 1. The Hall–Kier alpha value is 0.340. The van der Waals surface area contributed by atoms with Gasteiger partial charge in [0.15, 0.2) is 0 Å². The van der Waals surface area contributed by atoms with Crippen molar-refractivity contribution < 1.29 is 0 Å². The summed E-state index contributed by atoms with van der Waals surface area (Å²) in [5, 5.41) is 1.90. The van der Waals surface area contributed by atoms with Crippen LogP contribution in [-0.4, -0.2) is 11.1 Å². The summed E-state index contributed by atoms with van der Waals surface area (Å²) >= 11 is 11.3. The summed E-state index contributed by atoms with van der Waals surface area (Å²) in [6.07, 6.45) is 0. The van der Waals surface area contributed by atoms with Crippen LogP contribution >= 0.6 is 39.3 Å². The van der Waals surface area contributed by atoms with Crippen molar-refractivity contribution >= 4 is 39.3 Å². The van der Waals surface area contributed by atoms with Crippen LogP contribution in [0.3, 0.4) is 0 Å². The molecule has 78 valence electrons. The predicted octanol–water partition coefficient (Wildman–Crippen LogP) is 4.60. The van der Waals surface area contributed by atoms with E-state index in [1.54, 1.807) is 0 Å². The molecule has 0 bridgehead atoms. The highest BCUT2D eigenvalue weighted by molar-refractivity contribution is 9.09. The van der Waals surface area contributed by atoms with Gasteiger partial charge in [-0.15, -0.1) is 0 Å². The molecule has 0 saturated carbocycles. The zero-order valence-electron chi connectivity index (χ0n) is 8.17. The number of hydrogen-bond acceptors (Lipinski definition) is 1. The second kappa shape index (κ2) is 6.76. The molecule has 14 heavy (non-hydrogen) atoms. The van der Waals surface area contributed by atoms with E-state index in [4.69, 9.17) is 11.6 Å². The van der Waals surface area contributed by atoms with E-state index in [1.165, 1.54) is 11.3 Å². The normalized spacial score (nSPS) is 12.8. The summed E-state index contributed by atoms with van der Waals surface area (Å²) in [5.74, 6) is 3.02. The van der Waals surface area contributed by atoms with Gasteiger partial charge in [-0.25, -0.2) is 0 Å². The number of rotatable bonds is 5. The van der Waals surface area contributed by atoms with Crippen molar-refractivity contribution in [3.63, 3.8) is 0 Å². The highest BCUT2D eigenvalue weighted by Crippen LogP contribution is 2.18. The first-order valence-electron chi connectivity index (χ1n) is 4.60. The van der Waals surface area contributed by atoms with Gasteiger partial charge in [-0.3, -0.25) is 0 Å². The second-order valence-electron chi connectivity index (χ2n) is 3.40. The van der Waals surface area contributed by atoms with Crippen LogP contribution in [0.2, 0.25) is 5.02 Å². The summed E-state index contributed by atoms with van der Waals surface area (Å²) in [4.78, 5) is 0. The highest BCUT2D eigenvalue weighted by atomic mass is 79.9. The molecule has 0 nitrogen and oxygen atoms in total. The molecule has 1 aromatic rings. The highest BCUT2D eigenvalue weighted by Gasteiger charge is 2.00. The Morgan fingerprint density at radius 1 is 1.36 bits per heavy atom. The van der Waals surface area contributed by atoms with Crippen molar-refractivity contribution in [3.8, 4) is 0 Å². The van der Waals surface area contributed by atoms with Crippen molar-refractivity contribution in [3.05, 3.63) is 34.9 Å². The molecule has 0 N–H and O–H groups in total.